The van der Waals surface area contributed by atoms with Gasteiger partial charge in [0.25, 0.3) is 0 Å². The van der Waals surface area contributed by atoms with Crippen molar-refractivity contribution in [2.75, 3.05) is 6.61 Å². The van der Waals surface area contributed by atoms with Crippen LogP contribution in [0.2, 0.25) is 0 Å². The van der Waals surface area contributed by atoms with Crippen LogP contribution in [-0.2, 0) is 28.7 Å². The van der Waals surface area contributed by atoms with Crippen LogP contribution in [0, 0.1) is 22.7 Å². The highest BCUT2D eigenvalue weighted by Gasteiger charge is 2.67. The first-order chi connectivity index (χ1) is 14.5. The van der Waals surface area contributed by atoms with Crippen molar-refractivity contribution in [3.63, 3.8) is 0 Å². The summed E-state index contributed by atoms with van der Waals surface area (Å²) in [4.78, 5) is 48.6. The Morgan fingerprint density at radius 1 is 1.13 bits per heavy atom. The zero-order valence-corrected chi connectivity index (χ0v) is 18.7. The lowest BCUT2D eigenvalue weighted by Gasteiger charge is -2.54. The summed E-state index contributed by atoms with van der Waals surface area (Å²) in [5.41, 5.74) is 0.322. The monoisotopic (exact) mass is 426 g/mol. The van der Waals surface area contributed by atoms with E-state index >= 15 is 0 Å². The predicted octanol–water partition coefficient (Wildman–Crippen LogP) is 3.65. The number of carbonyl (C=O) groups excluding carboxylic acids is 4. The first-order valence-corrected chi connectivity index (χ1v) is 11.0. The number of fused-ring (bicyclic) bond motifs is 5. The van der Waals surface area contributed by atoms with E-state index in [0.717, 1.165) is 24.8 Å². The Morgan fingerprint density at radius 2 is 1.87 bits per heavy atom. The summed E-state index contributed by atoms with van der Waals surface area (Å²) in [6.07, 6.45) is 11.2. The topological polar surface area (TPSA) is 86.7 Å². The fourth-order valence-electron chi connectivity index (χ4n) is 6.73. The van der Waals surface area contributed by atoms with Gasteiger partial charge in [-0.05, 0) is 63.0 Å². The standard InChI is InChI=1S/C25H30O6/c1-15(26)30-14-22(29)25(31-16(2)27)12-9-21-19-6-5-17-13-18(28)7-10-23(17,3)20(19)8-11-24(21,25)4/h7-8,10,13,19,21H,5-6,9,11-12,14H2,1-4H3/t19?,21?,23-,24-,25-/m0/s1. The summed E-state index contributed by atoms with van der Waals surface area (Å²) < 4.78 is 10.8. The molecule has 4 aliphatic rings. The molecule has 0 radical (unpaired) electrons. The predicted molar refractivity (Wildman–Crippen MR) is 113 cm³/mol. The van der Waals surface area contributed by atoms with Gasteiger partial charge >= 0.3 is 11.9 Å². The molecule has 0 spiro atoms. The van der Waals surface area contributed by atoms with Crippen molar-refractivity contribution in [3.05, 3.63) is 35.5 Å². The van der Waals surface area contributed by atoms with E-state index in [0.29, 0.717) is 12.8 Å². The molecule has 2 fully saturated rings. The number of hydrogen-bond acceptors (Lipinski definition) is 6. The minimum Gasteiger partial charge on any atom is -0.458 e. The van der Waals surface area contributed by atoms with Crippen LogP contribution in [0.4, 0.5) is 0 Å². The number of rotatable bonds is 4. The SMILES string of the molecule is CC(=O)OCC(=O)[C@@]1(OC(C)=O)CCC2C3CCC4=CC(=O)C=C[C@]4(C)C3=CC[C@@]21C. The van der Waals surface area contributed by atoms with E-state index in [9.17, 15) is 19.2 Å². The van der Waals surface area contributed by atoms with E-state index < -0.39 is 23.0 Å². The van der Waals surface area contributed by atoms with E-state index in [1.54, 1.807) is 12.2 Å². The van der Waals surface area contributed by atoms with Gasteiger partial charge in [-0.3, -0.25) is 19.2 Å². The smallest absolute Gasteiger partial charge is 0.303 e. The van der Waals surface area contributed by atoms with Gasteiger partial charge in [-0.15, -0.1) is 0 Å². The average molecular weight is 427 g/mol. The molecule has 166 valence electrons. The third-order valence-corrected chi connectivity index (χ3v) is 8.24. The van der Waals surface area contributed by atoms with E-state index in [4.69, 9.17) is 9.47 Å². The van der Waals surface area contributed by atoms with Crippen LogP contribution in [0.3, 0.4) is 0 Å². The summed E-state index contributed by atoms with van der Waals surface area (Å²) >= 11 is 0. The molecule has 0 aromatic heterocycles. The first kappa shape index (κ1) is 21.7. The minimum atomic E-state index is -1.30. The molecular formula is C25H30O6. The van der Waals surface area contributed by atoms with Crippen LogP contribution in [-0.4, -0.2) is 35.7 Å². The molecule has 6 heteroatoms. The molecule has 2 unspecified atom stereocenters. The second kappa shape index (κ2) is 7.28. The largest absolute Gasteiger partial charge is 0.458 e. The second-order valence-electron chi connectivity index (χ2n) is 9.80. The molecular weight excluding hydrogens is 396 g/mol. The van der Waals surface area contributed by atoms with Gasteiger partial charge in [-0.25, -0.2) is 0 Å². The number of allylic oxidation sites excluding steroid dienone is 6. The Bertz CT molecular complexity index is 955. The third kappa shape index (κ3) is 3.14. The van der Waals surface area contributed by atoms with Crippen molar-refractivity contribution >= 4 is 23.5 Å². The number of esters is 2. The van der Waals surface area contributed by atoms with Gasteiger partial charge in [0.2, 0.25) is 5.78 Å². The van der Waals surface area contributed by atoms with Gasteiger partial charge in [-0.2, -0.15) is 0 Å². The molecule has 0 aromatic carbocycles. The van der Waals surface area contributed by atoms with E-state index in [1.807, 2.05) is 13.0 Å². The van der Waals surface area contributed by atoms with Crippen molar-refractivity contribution < 1.29 is 28.7 Å². The van der Waals surface area contributed by atoms with Crippen LogP contribution in [0.25, 0.3) is 0 Å². The van der Waals surface area contributed by atoms with Crippen LogP contribution in [0.1, 0.15) is 59.8 Å². The number of ether oxygens (including phenoxy) is 2. The molecule has 0 saturated heterocycles. The Balaban J connectivity index is 1.74. The lowest BCUT2D eigenvalue weighted by molar-refractivity contribution is -0.184. The Kier molecular flexibility index (Phi) is 5.10. The molecule has 5 atom stereocenters. The molecule has 4 rings (SSSR count). The molecule has 31 heavy (non-hydrogen) atoms. The van der Waals surface area contributed by atoms with E-state index in [1.165, 1.54) is 19.4 Å². The Labute approximate surface area is 182 Å². The summed E-state index contributed by atoms with van der Waals surface area (Å²) in [6.45, 7) is 6.41. The lowest BCUT2D eigenvalue weighted by Crippen LogP contribution is -2.57. The van der Waals surface area contributed by atoms with Crippen LogP contribution in [0.15, 0.2) is 35.5 Å². The molecule has 4 aliphatic carbocycles. The van der Waals surface area contributed by atoms with Crippen molar-refractivity contribution in [2.24, 2.45) is 22.7 Å². The summed E-state index contributed by atoms with van der Waals surface area (Å²) in [6, 6.07) is 0. The highest BCUT2D eigenvalue weighted by atomic mass is 16.6. The second-order valence-corrected chi connectivity index (χ2v) is 9.80. The molecule has 0 aromatic rings. The highest BCUT2D eigenvalue weighted by Crippen LogP contribution is 2.66. The number of ketones is 2. The normalized spacial score (nSPS) is 38.3. The van der Waals surface area contributed by atoms with Gasteiger partial charge in [0.05, 0.1) is 0 Å². The first-order valence-electron chi connectivity index (χ1n) is 11.0. The Morgan fingerprint density at radius 3 is 2.55 bits per heavy atom. The zero-order chi connectivity index (χ0) is 22.6. The maximum atomic E-state index is 13.3. The molecule has 6 nitrogen and oxygen atoms in total. The van der Waals surface area contributed by atoms with Gasteiger partial charge in [0.1, 0.15) is 0 Å². The summed E-state index contributed by atoms with van der Waals surface area (Å²) in [7, 11) is 0. The zero-order valence-electron chi connectivity index (χ0n) is 18.7. The lowest BCUT2D eigenvalue weighted by atomic mass is 9.51. The quantitative estimate of drug-likeness (QED) is 0.504. The fourth-order valence-corrected chi connectivity index (χ4v) is 6.73. The number of carbonyl (C=O) groups is 4. The molecule has 0 bridgehead atoms. The number of hydrogen-bond donors (Lipinski definition) is 0. The summed E-state index contributed by atoms with van der Waals surface area (Å²) in [5, 5.41) is 0. The Hall–Kier alpha value is -2.50. The van der Waals surface area contributed by atoms with Crippen molar-refractivity contribution in [1.29, 1.82) is 0 Å². The van der Waals surface area contributed by atoms with Gasteiger partial charge in [0, 0.05) is 24.7 Å². The van der Waals surface area contributed by atoms with Gasteiger partial charge in [0.15, 0.2) is 18.0 Å². The van der Waals surface area contributed by atoms with E-state index in [-0.39, 0.29) is 35.4 Å². The molecule has 0 aliphatic heterocycles. The van der Waals surface area contributed by atoms with Crippen LogP contribution in [0.5, 0.6) is 0 Å². The van der Waals surface area contributed by atoms with Crippen LogP contribution < -0.4 is 0 Å². The molecule has 0 amide bonds. The van der Waals surface area contributed by atoms with E-state index in [2.05, 4.69) is 13.0 Å². The van der Waals surface area contributed by atoms with Gasteiger partial charge < -0.3 is 9.47 Å². The van der Waals surface area contributed by atoms with Crippen molar-refractivity contribution in [2.45, 2.75) is 65.4 Å². The summed E-state index contributed by atoms with van der Waals surface area (Å²) in [5.74, 6) is -0.920. The number of Topliss-reactive ketones (excluding diaryl/α,β-unsaturated/α-hetero) is 1. The highest BCUT2D eigenvalue weighted by molar-refractivity contribution is 6.01. The molecule has 0 N–H and O–H groups in total. The third-order valence-electron chi connectivity index (χ3n) is 8.24. The maximum Gasteiger partial charge on any atom is 0.303 e. The molecule has 2 saturated carbocycles. The van der Waals surface area contributed by atoms with Gasteiger partial charge in [-0.1, -0.05) is 30.2 Å². The fraction of sp³-hybridized carbons (Fsp3) is 0.600. The van der Waals surface area contributed by atoms with Crippen LogP contribution >= 0.6 is 0 Å². The maximum absolute atomic E-state index is 13.3. The van der Waals surface area contributed by atoms with Crippen molar-refractivity contribution in [3.8, 4) is 0 Å². The average Bonchev–Trinajstić information content (AvgIpc) is 2.99. The molecule has 0 heterocycles. The van der Waals surface area contributed by atoms with Crippen molar-refractivity contribution in [1.82, 2.24) is 0 Å². The minimum absolute atomic E-state index is 0.0398.